The lowest BCUT2D eigenvalue weighted by Gasteiger charge is -2.32. The molecule has 0 spiro atoms. The third-order valence-electron chi connectivity index (χ3n) is 3.62. The third kappa shape index (κ3) is 3.52. The molecule has 1 amide bonds. The van der Waals surface area contributed by atoms with Crippen molar-refractivity contribution in [3.63, 3.8) is 0 Å². The van der Waals surface area contributed by atoms with Gasteiger partial charge in [-0.1, -0.05) is 31.1 Å². The van der Waals surface area contributed by atoms with Crippen LogP contribution < -0.4 is 5.73 Å². The fourth-order valence-corrected chi connectivity index (χ4v) is 2.27. The Morgan fingerprint density at radius 3 is 2.67 bits per heavy atom. The van der Waals surface area contributed by atoms with Gasteiger partial charge in [-0.25, -0.2) is 0 Å². The summed E-state index contributed by atoms with van der Waals surface area (Å²) >= 11 is 0. The Kier molecular flexibility index (Phi) is 4.80. The molecule has 114 valence electrons. The predicted molar refractivity (Wildman–Crippen MR) is 79.6 cm³/mol. The van der Waals surface area contributed by atoms with E-state index < -0.39 is 6.10 Å². The summed E-state index contributed by atoms with van der Waals surface area (Å²) in [5.41, 5.74) is 7.37. The molecule has 1 fully saturated rings. The van der Waals surface area contributed by atoms with Crippen LogP contribution in [0.2, 0.25) is 0 Å². The van der Waals surface area contributed by atoms with Crippen molar-refractivity contribution in [2.24, 2.45) is 10.9 Å². The molecule has 2 rings (SSSR count). The van der Waals surface area contributed by atoms with Gasteiger partial charge in [0.15, 0.2) is 5.84 Å². The van der Waals surface area contributed by atoms with Crippen LogP contribution in [-0.2, 0) is 4.74 Å². The van der Waals surface area contributed by atoms with Crippen molar-refractivity contribution >= 4 is 11.7 Å². The summed E-state index contributed by atoms with van der Waals surface area (Å²) in [6, 6.07) is 7.62. The normalized spacial score (nSPS) is 19.9. The molecule has 1 aliphatic rings. The zero-order chi connectivity index (χ0) is 15.4. The highest BCUT2D eigenvalue weighted by atomic mass is 16.5. The lowest BCUT2D eigenvalue weighted by Crippen LogP contribution is -2.50. The standard InChI is InChI=1S/C15H21N3O3/c1-10(2)11-3-5-12(6-4-11)15(19)18-7-8-21-13(9-18)14(16)17-20/h3-6,10,13,20H,7-9H2,1-2H3,(H2,16,17). The van der Waals surface area contributed by atoms with Crippen LogP contribution in [-0.4, -0.2) is 47.7 Å². The molecule has 1 atom stereocenters. The number of carbonyl (C=O) groups is 1. The number of carbonyl (C=O) groups excluding carboxylic acids is 1. The molecule has 1 aromatic rings. The van der Waals surface area contributed by atoms with Gasteiger partial charge in [0, 0.05) is 12.1 Å². The number of hydrogen-bond acceptors (Lipinski definition) is 4. The summed E-state index contributed by atoms with van der Waals surface area (Å²) in [6.45, 7) is 5.39. The number of amides is 1. The molecule has 1 heterocycles. The molecule has 1 aliphatic heterocycles. The fourth-order valence-electron chi connectivity index (χ4n) is 2.27. The van der Waals surface area contributed by atoms with E-state index in [0.29, 0.717) is 31.2 Å². The second-order valence-electron chi connectivity index (χ2n) is 5.41. The zero-order valence-corrected chi connectivity index (χ0v) is 12.3. The first-order valence-corrected chi connectivity index (χ1v) is 7.01. The number of rotatable bonds is 3. The summed E-state index contributed by atoms with van der Waals surface area (Å²) in [5.74, 6) is 0.356. The largest absolute Gasteiger partial charge is 0.409 e. The van der Waals surface area contributed by atoms with Crippen LogP contribution in [0.25, 0.3) is 0 Å². The number of hydrogen-bond donors (Lipinski definition) is 2. The van der Waals surface area contributed by atoms with Crippen molar-refractivity contribution in [1.82, 2.24) is 4.90 Å². The molecule has 0 aliphatic carbocycles. The Balaban J connectivity index is 2.08. The first-order chi connectivity index (χ1) is 10.0. The number of nitrogens with zero attached hydrogens (tertiary/aromatic N) is 2. The molecular formula is C15H21N3O3. The highest BCUT2D eigenvalue weighted by Crippen LogP contribution is 2.16. The van der Waals surface area contributed by atoms with E-state index in [1.165, 1.54) is 5.56 Å². The van der Waals surface area contributed by atoms with Gasteiger partial charge in [0.2, 0.25) is 0 Å². The number of oxime groups is 1. The van der Waals surface area contributed by atoms with Crippen molar-refractivity contribution in [2.45, 2.75) is 25.9 Å². The summed E-state index contributed by atoms with van der Waals surface area (Å²) in [4.78, 5) is 14.1. The van der Waals surface area contributed by atoms with Gasteiger partial charge in [-0.05, 0) is 23.6 Å². The lowest BCUT2D eigenvalue weighted by molar-refractivity contribution is 0.00676. The molecule has 6 nitrogen and oxygen atoms in total. The maximum Gasteiger partial charge on any atom is 0.254 e. The van der Waals surface area contributed by atoms with E-state index in [9.17, 15) is 4.79 Å². The van der Waals surface area contributed by atoms with E-state index in [4.69, 9.17) is 15.7 Å². The molecule has 0 bridgehead atoms. The van der Waals surface area contributed by atoms with Gasteiger partial charge >= 0.3 is 0 Å². The first-order valence-electron chi connectivity index (χ1n) is 7.01. The SMILES string of the molecule is CC(C)c1ccc(C(=O)N2CCOC(C(N)=NO)C2)cc1. The van der Waals surface area contributed by atoms with Crippen molar-refractivity contribution in [3.05, 3.63) is 35.4 Å². The average Bonchev–Trinajstić information content (AvgIpc) is 2.53. The molecule has 1 unspecified atom stereocenters. The summed E-state index contributed by atoms with van der Waals surface area (Å²) in [6.07, 6.45) is -0.553. The Morgan fingerprint density at radius 2 is 2.10 bits per heavy atom. The van der Waals surface area contributed by atoms with Gasteiger partial charge < -0.3 is 20.6 Å². The van der Waals surface area contributed by atoms with Crippen molar-refractivity contribution in [3.8, 4) is 0 Å². The number of amidine groups is 1. The van der Waals surface area contributed by atoms with E-state index >= 15 is 0 Å². The molecule has 6 heteroatoms. The molecule has 0 saturated carbocycles. The molecule has 3 N–H and O–H groups in total. The Labute approximate surface area is 124 Å². The highest BCUT2D eigenvalue weighted by molar-refractivity contribution is 5.95. The van der Waals surface area contributed by atoms with Gasteiger partial charge in [-0.3, -0.25) is 4.79 Å². The molecule has 1 aromatic carbocycles. The van der Waals surface area contributed by atoms with E-state index in [-0.39, 0.29) is 11.7 Å². The number of nitrogens with two attached hydrogens (primary N) is 1. The molecule has 0 radical (unpaired) electrons. The van der Waals surface area contributed by atoms with Crippen molar-refractivity contribution < 1.29 is 14.7 Å². The summed E-state index contributed by atoms with van der Waals surface area (Å²) < 4.78 is 5.39. The van der Waals surface area contributed by atoms with Crippen LogP contribution in [0.5, 0.6) is 0 Å². The van der Waals surface area contributed by atoms with Crippen LogP contribution >= 0.6 is 0 Å². The molecular weight excluding hydrogens is 270 g/mol. The zero-order valence-electron chi connectivity index (χ0n) is 12.3. The van der Waals surface area contributed by atoms with Gasteiger partial charge in [0.1, 0.15) is 6.10 Å². The number of benzene rings is 1. The van der Waals surface area contributed by atoms with E-state index in [1.54, 1.807) is 4.90 Å². The summed E-state index contributed by atoms with van der Waals surface area (Å²) in [5, 5.41) is 11.6. The number of ether oxygens (including phenoxy) is 1. The van der Waals surface area contributed by atoms with E-state index in [1.807, 2.05) is 24.3 Å². The minimum Gasteiger partial charge on any atom is -0.409 e. The Hall–Kier alpha value is -2.08. The Bertz CT molecular complexity index is 525. The van der Waals surface area contributed by atoms with Crippen LogP contribution in [0.15, 0.2) is 29.4 Å². The Morgan fingerprint density at radius 1 is 1.43 bits per heavy atom. The van der Waals surface area contributed by atoms with Crippen molar-refractivity contribution in [1.29, 1.82) is 0 Å². The van der Waals surface area contributed by atoms with Gasteiger partial charge in [0.05, 0.1) is 13.2 Å². The van der Waals surface area contributed by atoms with Crippen LogP contribution in [0.1, 0.15) is 35.7 Å². The van der Waals surface area contributed by atoms with Crippen molar-refractivity contribution in [2.75, 3.05) is 19.7 Å². The van der Waals surface area contributed by atoms with Gasteiger partial charge in [-0.2, -0.15) is 0 Å². The first kappa shape index (κ1) is 15.3. The average molecular weight is 291 g/mol. The number of morpholine rings is 1. The van der Waals surface area contributed by atoms with E-state index in [2.05, 4.69) is 19.0 Å². The van der Waals surface area contributed by atoms with Crippen LogP contribution in [0, 0.1) is 0 Å². The molecule has 21 heavy (non-hydrogen) atoms. The third-order valence-corrected chi connectivity index (χ3v) is 3.62. The smallest absolute Gasteiger partial charge is 0.254 e. The van der Waals surface area contributed by atoms with E-state index in [0.717, 1.165) is 0 Å². The van der Waals surface area contributed by atoms with Crippen LogP contribution in [0.3, 0.4) is 0 Å². The quantitative estimate of drug-likeness (QED) is 0.381. The molecule has 1 saturated heterocycles. The topological polar surface area (TPSA) is 88.2 Å². The van der Waals surface area contributed by atoms with Gasteiger partial charge in [-0.15, -0.1) is 0 Å². The maximum absolute atomic E-state index is 12.5. The summed E-state index contributed by atoms with van der Waals surface area (Å²) in [7, 11) is 0. The monoisotopic (exact) mass is 291 g/mol. The molecule has 0 aromatic heterocycles. The second kappa shape index (κ2) is 6.58. The van der Waals surface area contributed by atoms with Crippen LogP contribution in [0.4, 0.5) is 0 Å². The minimum absolute atomic E-state index is 0.0114. The fraction of sp³-hybridized carbons (Fsp3) is 0.467. The highest BCUT2D eigenvalue weighted by Gasteiger charge is 2.27. The minimum atomic E-state index is -0.553. The maximum atomic E-state index is 12.5. The predicted octanol–water partition coefficient (Wildman–Crippen LogP) is 1.40. The second-order valence-corrected chi connectivity index (χ2v) is 5.41. The lowest BCUT2D eigenvalue weighted by atomic mass is 10.0. The van der Waals surface area contributed by atoms with Gasteiger partial charge in [0.25, 0.3) is 5.91 Å².